The predicted molar refractivity (Wildman–Crippen MR) is 81.2 cm³/mol. The molecule has 1 amide bonds. The zero-order valence-electron chi connectivity index (χ0n) is 12.3. The molecule has 1 aliphatic heterocycles. The molecule has 1 fully saturated rings. The zero-order valence-corrected chi connectivity index (χ0v) is 12.3. The third kappa shape index (κ3) is 2.89. The number of amides is 1. The molecule has 110 valence electrons. The highest BCUT2D eigenvalue weighted by molar-refractivity contribution is 5.98. The third-order valence-electron chi connectivity index (χ3n) is 3.63. The van der Waals surface area contributed by atoms with Crippen molar-refractivity contribution < 1.29 is 4.79 Å². The van der Waals surface area contributed by atoms with Gasteiger partial charge in [-0.05, 0) is 31.9 Å². The van der Waals surface area contributed by atoms with Gasteiger partial charge >= 0.3 is 0 Å². The zero-order chi connectivity index (χ0) is 14.8. The molecule has 0 saturated carbocycles. The average Bonchev–Trinajstić information content (AvgIpc) is 2.88. The van der Waals surface area contributed by atoms with Crippen LogP contribution < -0.4 is 10.2 Å². The number of rotatable bonds is 3. The SMILES string of the molecule is Cc1cccc(NC2CCCN(c3ccn(C)n3)C2=O)n1. The van der Waals surface area contributed by atoms with Crippen molar-refractivity contribution in [2.24, 2.45) is 7.05 Å². The van der Waals surface area contributed by atoms with Crippen molar-refractivity contribution in [2.45, 2.75) is 25.8 Å². The van der Waals surface area contributed by atoms with Crippen LogP contribution in [-0.4, -0.2) is 33.3 Å². The van der Waals surface area contributed by atoms with Gasteiger partial charge in [-0.25, -0.2) is 4.98 Å². The Morgan fingerprint density at radius 3 is 2.90 bits per heavy atom. The first-order valence-corrected chi connectivity index (χ1v) is 7.15. The van der Waals surface area contributed by atoms with E-state index in [-0.39, 0.29) is 11.9 Å². The lowest BCUT2D eigenvalue weighted by Crippen LogP contribution is -2.48. The number of nitrogens with zero attached hydrogens (tertiary/aromatic N) is 4. The van der Waals surface area contributed by atoms with Gasteiger partial charge in [-0.1, -0.05) is 6.07 Å². The summed E-state index contributed by atoms with van der Waals surface area (Å²) in [4.78, 5) is 18.8. The lowest BCUT2D eigenvalue weighted by atomic mass is 10.0. The maximum atomic E-state index is 12.6. The molecule has 6 nitrogen and oxygen atoms in total. The van der Waals surface area contributed by atoms with Gasteiger partial charge in [-0.3, -0.25) is 14.4 Å². The van der Waals surface area contributed by atoms with E-state index in [4.69, 9.17) is 0 Å². The number of carbonyl (C=O) groups is 1. The van der Waals surface area contributed by atoms with Crippen LogP contribution in [0.2, 0.25) is 0 Å². The largest absolute Gasteiger partial charge is 0.358 e. The monoisotopic (exact) mass is 285 g/mol. The number of pyridine rings is 1. The second kappa shape index (κ2) is 5.55. The summed E-state index contributed by atoms with van der Waals surface area (Å²) >= 11 is 0. The molecular formula is C15H19N5O. The van der Waals surface area contributed by atoms with Gasteiger partial charge in [0, 0.05) is 31.5 Å². The first-order valence-electron chi connectivity index (χ1n) is 7.15. The highest BCUT2D eigenvalue weighted by Crippen LogP contribution is 2.21. The fourth-order valence-corrected chi connectivity index (χ4v) is 2.59. The van der Waals surface area contributed by atoms with Crippen LogP contribution in [0.1, 0.15) is 18.5 Å². The Morgan fingerprint density at radius 2 is 2.19 bits per heavy atom. The summed E-state index contributed by atoms with van der Waals surface area (Å²) in [6.07, 6.45) is 3.62. The van der Waals surface area contributed by atoms with Crippen LogP contribution in [0.3, 0.4) is 0 Å². The molecule has 1 saturated heterocycles. The van der Waals surface area contributed by atoms with E-state index in [0.29, 0.717) is 5.82 Å². The number of piperidine rings is 1. The fourth-order valence-electron chi connectivity index (χ4n) is 2.59. The van der Waals surface area contributed by atoms with Gasteiger partial charge in [-0.15, -0.1) is 0 Å². The number of aromatic nitrogens is 3. The molecule has 3 rings (SSSR count). The normalized spacial score (nSPS) is 18.9. The number of hydrogen-bond donors (Lipinski definition) is 1. The summed E-state index contributed by atoms with van der Waals surface area (Å²) < 4.78 is 1.71. The molecule has 2 aromatic heterocycles. The van der Waals surface area contributed by atoms with E-state index < -0.39 is 0 Å². The summed E-state index contributed by atoms with van der Waals surface area (Å²) in [6, 6.07) is 7.39. The maximum Gasteiger partial charge on any atom is 0.250 e. The molecule has 2 aromatic rings. The van der Waals surface area contributed by atoms with Crippen molar-refractivity contribution in [1.29, 1.82) is 0 Å². The van der Waals surface area contributed by atoms with E-state index >= 15 is 0 Å². The van der Waals surface area contributed by atoms with Crippen molar-refractivity contribution in [3.8, 4) is 0 Å². The average molecular weight is 285 g/mol. The van der Waals surface area contributed by atoms with Crippen molar-refractivity contribution in [1.82, 2.24) is 14.8 Å². The Balaban J connectivity index is 1.76. The van der Waals surface area contributed by atoms with Gasteiger partial charge in [0.05, 0.1) is 0 Å². The number of hydrogen-bond acceptors (Lipinski definition) is 4. The molecule has 1 aliphatic rings. The number of nitrogens with one attached hydrogen (secondary N) is 1. The van der Waals surface area contributed by atoms with Crippen LogP contribution in [0.4, 0.5) is 11.6 Å². The number of anilines is 2. The molecule has 0 aliphatic carbocycles. The molecule has 6 heteroatoms. The Morgan fingerprint density at radius 1 is 1.33 bits per heavy atom. The van der Waals surface area contributed by atoms with Crippen LogP contribution >= 0.6 is 0 Å². The van der Waals surface area contributed by atoms with Gasteiger partial charge in [-0.2, -0.15) is 5.10 Å². The molecule has 1 atom stereocenters. The molecule has 3 heterocycles. The van der Waals surface area contributed by atoms with Crippen molar-refractivity contribution in [2.75, 3.05) is 16.8 Å². The molecule has 21 heavy (non-hydrogen) atoms. The lowest BCUT2D eigenvalue weighted by molar-refractivity contribution is -0.120. The summed E-state index contributed by atoms with van der Waals surface area (Å²) in [7, 11) is 1.85. The van der Waals surface area contributed by atoms with Crippen LogP contribution in [0, 0.1) is 6.92 Å². The van der Waals surface area contributed by atoms with Crippen molar-refractivity contribution >= 4 is 17.5 Å². The van der Waals surface area contributed by atoms with Crippen LogP contribution in [0.15, 0.2) is 30.5 Å². The van der Waals surface area contributed by atoms with Crippen molar-refractivity contribution in [3.63, 3.8) is 0 Å². The first kappa shape index (κ1) is 13.6. The van der Waals surface area contributed by atoms with Gasteiger partial charge in [0.25, 0.3) is 5.91 Å². The maximum absolute atomic E-state index is 12.6. The van der Waals surface area contributed by atoms with Crippen LogP contribution in [0.25, 0.3) is 0 Å². The lowest BCUT2D eigenvalue weighted by Gasteiger charge is -2.31. The van der Waals surface area contributed by atoms with Gasteiger partial charge in [0.2, 0.25) is 0 Å². The third-order valence-corrected chi connectivity index (χ3v) is 3.63. The molecule has 0 spiro atoms. The second-order valence-corrected chi connectivity index (χ2v) is 5.34. The molecule has 0 aromatic carbocycles. The quantitative estimate of drug-likeness (QED) is 0.933. The van der Waals surface area contributed by atoms with Crippen LogP contribution in [-0.2, 0) is 11.8 Å². The van der Waals surface area contributed by atoms with Gasteiger partial charge in [0.15, 0.2) is 5.82 Å². The Bertz CT molecular complexity index is 651. The van der Waals surface area contributed by atoms with Crippen LogP contribution in [0.5, 0.6) is 0 Å². The molecule has 0 radical (unpaired) electrons. The van der Waals surface area contributed by atoms with Crippen molar-refractivity contribution in [3.05, 3.63) is 36.2 Å². The molecular weight excluding hydrogens is 266 g/mol. The predicted octanol–water partition coefficient (Wildman–Crippen LogP) is 1.73. The standard InChI is InChI=1S/C15H19N5O/c1-11-5-3-7-13(16-11)17-12-6-4-9-20(15(12)21)14-8-10-19(2)18-14/h3,5,7-8,10,12H,4,6,9H2,1-2H3,(H,16,17). The molecule has 0 bridgehead atoms. The van der Waals surface area contributed by atoms with E-state index in [0.717, 1.165) is 30.9 Å². The van der Waals surface area contributed by atoms with E-state index in [1.165, 1.54) is 0 Å². The minimum Gasteiger partial charge on any atom is -0.358 e. The highest BCUT2D eigenvalue weighted by atomic mass is 16.2. The number of carbonyl (C=O) groups excluding carboxylic acids is 1. The summed E-state index contributed by atoms with van der Waals surface area (Å²) in [5.41, 5.74) is 0.935. The second-order valence-electron chi connectivity index (χ2n) is 5.34. The first-order chi connectivity index (χ1) is 10.1. The summed E-state index contributed by atoms with van der Waals surface area (Å²) in [5, 5.41) is 7.56. The highest BCUT2D eigenvalue weighted by Gasteiger charge is 2.30. The van der Waals surface area contributed by atoms with E-state index in [1.807, 2.05) is 44.4 Å². The topological polar surface area (TPSA) is 63.1 Å². The summed E-state index contributed by atoms with van der Waals surface area (Å²) in [5.74, 6) is 1.52. The fraction of sp³-hybridized carbons (Fsp3) is 0.400. The van der Waals surface area contributed by atoms with Gasteiger partial charge in [0.1, 0.15) is 11.9 Å². The Kier molecular flexibility index (Phi) is 3.60. The van der Waals surface area contributed by atoms with E-state index in [2.05, 4.69) is 15.4 Å². The number of aryl methyl sites for hydroxylation is 2. The van der Waals surface area contributed by atoms with E-state index in [9.17, 15) is 4.79 Å². The molecule has 1 unspecified atom stereocenters. The summed E-state index contributed by atoms with van der Waals surface area (Å²) in [6.45, 7) is 2.66. The Labute approximate surface area is 123 Å². The van der Waals surface area contributed by atoms with E-state index in [1.54, 1.807) is 9.58 Å². The minimum absolute atomic E-state index is 0.0586. The Hall–Kier alpha value is -2.37. The van der Waals surface area contributed by atoms with Gasteiger partial charge < -0.3 is 5.32 Å². The smallest absolute Gasteiger partial charge is 0.250 e. The minimum atomic E-state index is -0.241. The molecule has 1 N–H and O–H groups in total.